The van der Waals surface area contributed by atoms with E-state index in [-0.39, 0.29) is 0 Å². The van der Waals surface area contributed by atoms with Gasteiger partial charge in [-0.05, 0) is 37.6 Å². The summed E-state index contributed by atoms with van der Waals surface area (Å²) < 4.78 is 7.70. The molecule has 0 unspecified atom stereocenters. The minimum Gasteiger partial charge on any atom is -0.494 e. The van der Waals surface area contributed by atoms with Gasteiger partial charge in [-0.3, -0.25) is 4.40 Å². The Morgan fingerprint density at radius 3 is 2.71 bits per heavy atom. The van der Waals surface area contributed by atoms with Crippen LogP contribution in [0.4, 0.5) is 5.69 Å². The van der Waals surface area contributed by atoms with E-state index in [0.29, 0.717) is 12.3 Å². The molecule has 2 heterocycles. The minimum absolute atomic E-state index is 0.653. The molecule has 5 nitrogen and oxygen atoms in total. The molecule has 0 radical (unpaired) electrons. The van der Waals surface area contributed by atoms with Gasteiger partial charge in [0.15, 0.2) is 5.65 Å². The van der Waals surface area contributed by atoms with Crippen LogP contribution in [0.1, 0.15) is 17.9 Å². The van der Waals surface area contributed by atoms with Crippen LogP contribution in [0.5, 0.6) is 5.75 Å². The first-order valence-corrected chi connectivity index (χ1v) is 7.02. The van der Waals surface area contributed by atoms with Gasteiger partial charge in [0.2, 0.25) is 0 Å². The summed E-state index contributed by atoms with van der Waals surface area (Å²) in [5.41, 5.74) is 8.39. The lowest BCUT2D eigenvalue weighted by Crippen LogP contribution is -2.04. The van der Waals surface area contributed by atoms with Gasteiger partial charge in [-0.25, -0.2) is 0 Å². The highest BCUT2D eigenvalue weighted by molar-refractivity contribution is 5.64. The van der Waals surface area contributed by atoms with Gasteiger partial charge in [-0.2, -0.15) is 0 Å². The number of fused-ring (bicyclic) bond motifs is 1. The topological polar surface area (TPSA) is 65.4 Å². The molecule has 0 aliphatic carbocycles. The van der Waals surface area contributed by atoms with Crippen molar-refractivity contribution in [2.75, 3.05) is 12.3 Å². The predicted octanol–water partition coefficient (Wildman–Crippen LogP) is 2.63. The third kappa shape index (κ3) is 2.81. The molecule has 0 saturated carbocycles. The number of anilines is 1. The number of rotatable bonds is 5. The molecule has 0 saturated heterocycles. The smallest absolute Gasteiger partial charge is 0.184 e. The average molecular weight is 282 g/mol. The highest BCUT2D eigenvalue weighted by atomic mass is 16.5. The third-order valence-electron chi connectivity index (χ3n) is 3.40. The molecule has 3 aromatic rings. The van der Waals surface area contributed by atoms with Crippen LogP contribution in [0, 0.1) is 6.92 Å². The number of hydrogen-bond donors (Lipinski definition) is 1. The number of nitrogen functional groups attached to an aromatic ring is 1. The van der Waals surface area contributed by atoms with E-state index in [1.54, 1.807) is 0 Å². The average Bonchev–Trinajstić information content (AvgIpc) is 2.94. The van der Waals surface area contributed by atoms with E-state index in [4.69, 9.17) is 10.5 Å². The summed E-state index contributed by atoms with van der Waals surface area (Å²) in [7, 11) is 0. The van der Waals surface area contributed by atoms with E-state index in [1.807, 2.05) is 53.8 Å². The first kappa shape index (κ1) is 13.4. The fourth-order valence-electron chi connectivity index (χ4n) is 2.33. The molecular formula is C16H18N4O. The Hall–Kier alpha value is -2.56. The second kappa shape index (κ2) is 5.83. The van der Waals surface area contributed by atoms with E-state index < -0.39 is 0 Å². The van der Waals surface area contributed by atoms with Gasteiger partial charge in [-0.15, -0.1) is 10.2 Å². The summed E-state index contributed by atoms with van der Waals surface area (Å²) in [4.78, 5) is 0. The van der Waals surface area contributed by atoms with Crippen molar-refractivity contribution in [3.05, 3.63) is 54.0 Å². The predicted molar refractivity (Wildman–Crippen MR) is 82.4 cm³/mol. The lowest BCUT2D eigenvalue weighted by Gasteiger charge is -2.07. The van der Waals surface area contributed by atoms with Crippen molar-refractivity contribution in [2.24, 2.45) is 0 Å². The Morgan fingerprint density at radius 2 is 1.90 bits per heavy atom. The molecular weight excluding hydrogens is 264 g/mol. The summed E-state index contributed by atoms with van der Waals surface area (Å²) in [6, 6.07) is 13.7. The van der Waals surface area contributed by atoms with Crippen molar-refractivity contribution in [1.82, 2.24) is 14.6 Å². The fraction of sp³-hybridized carbons (Fsp3) is 0.250. The van der Waals surface area contributed by atoms with Crippen LogP contribution in [0.15, 0.2) is 42.5 Å². The van der Waals surface area contributed by atoms with E-state index in [9.17, 15) is 0 Å². The first-order chi connectivity index (χ1) is 10.3. The molecule has 0 aliphatic rings. The lowest BCUT2D eigenvalue weighted by atomic mass is 10.3. The monoisotopic (exact) mass is 282 g/mol. The van der Waals surface area contributed by atoms with Gasteiger partial charge in [0.05, 0.1) is 12.3 Å². The second-order valence-corrected chi connectivity index (χ2v) is 4.97. The third-order valence-corrected chi connectivity index (χ3v) is 3.40. The van der Waals surface area contributed by atoms with Crippen LogP contribution in [0.3, 0.4) is 0 Å². The van der Waals surface area contributed by atoms with E-state index in [1.165, 1.54) is 0 Å². The summed E-state index contributed by atoms with van der Waals surface area (Å²) >= 11 is 0. The fourth-order valence-corrected chi connectivity index (χ4v) is 2.33. The SMILES string of the molecule is Cc1ccc(N)c2nnc(CCCOc3ccccc3)n12. The maximum atomic E-state index is 5.92. The number of ether oxygens (including phenoxy) is 1. The minimum atomic E-state index is 0.653. The maximum absolute atomic E-state index is 5.92. The quantitative estimate of drug-likeness (QED) is 0.731. The molecule has 2 aromatic heterocycles. The molecule has 0 aliphatic heterocycles. The Kier molecular flexibility index (Phi) is 3.73. The molecule has 1 aromatic carbocycles. The largest absolute Gasteiger partial charge is 0.494 e. The summed E-state index contributed by atoms with van der Waals surface area (Å²) in [6.45, 7) is 2.68. The second-order valence-electron chi connectivity index (χ2n) is 4.97. The van der Waals surface area contributed by atoms with Gasteiger partial charge >= 0.3 is 0 Å². The van der Waals surface area contributed by atoms with Crippen molar-refractivity contribution in [3.63, 3.8) is 0 Å². The van der Waals surface area contributed by atoms with Crippen molar-refractivity contribution >= 4 is 11.3 Å². The van der Waals surface area contributed by atoms with E-state index in [0.717, 1.165) is 35.8 Å². The summed E-state index contributed by atoms with van der Waals surface area (Å²) in [5.74, 6) is 1.82. The van der Waals surface area contributed by atoms with Gasteiger partial charge < -0.3 is 10.5 Å². The number of para-hydroxylation sites is 1. The normalized spacial score (nSPS) is 10.9. The van der Waals surface area contributed by atoms with Crippen LogP contribution in [-0.4, -0.2) is 21.2 Å². The number of nitrogens with zero attached hydrogens (tertiary/aromatic N) is 3. The van der Waals surface area contributed by atoms with Crippen LogP contribution in [0.2, 0.25) is 0 Å². The van der Waals surface area contributed by atoms with Crippen LogP contribution < -0.4 is 10.5 Å². The molecule has 108 valence electrons. The molecule has 3 rings (SSSR count). The van der Waals surface area contributed by atoms with E-state index in [2.05, 4.69) is 10.2 Å². The summed E-state index contributed by atoms with van der Waals surface area (Å²) in [6.07, 6.45) is 1.68. The zero-order chi connectivity index (χ0) is 14.7. The number of benzene rings is 1. The van der Waals surface area contributed by atoms with E-state index >= 15 is 0 Å². The van der Waals surface area contributed by atoms with Crippen LogP contribution >= 0.6 is 0 Å². The standard InChI is InChI=1S/C16H18N4O/c1-12-9-10-14(17)16-19-18-15(20(12)16)8-5-11-21-13-6-3-2-4-7-13/h2-4,6-7,9-10H,5,8,11,17H2,1H3. The number of nitrogens with two attached hydrogens (primary N) is 1. The van der Waals surface area contributed by atoms with Crippen LogP contribution in [-0.2, 0) is 6.42 Å². The molecule has 21 heavy (non-hydrogen) atoms. The molecule has 0 fully saturated rings. The number of aryl methyl sites for hydroxylation is 2. The lowest BCUT2D eigenvalue weighted by molar-refractivity contribution is 0.309. The number of pyridine rings is 1. The van der Waals surface area contributed by atoms with Crippen molar-refractivity contribution < 1.29 is 4.74 Å². The van der Waals surface area contributed by atoms with Gasteiger partial charge in [0.25, 0.3) is 0 Å². The van der Waals surface area contributed by atoms with Crippen molar-refractivity contribution in [2.45, 2.75) is 19.8 Å². The molecule has 2 N–H and O–H groups in total. The maximum Gasteiger partial charge on any atom is 0.184 e. The van der Waals surface area contributed by atoms with Gasteiger partial charge in [0, 0.05) is 12.1 Å². The van der Waals surface area contributed by atoms with Crippen molar-refractivity contribution in [3.8, 4) is 5.75 Å². The molecule has 0 spiro atoms. The zero-order valence-electron chi connectivity index (χ0n) is 12.0. The molecule has 0 bridgehead atoms. The molecule has 0 atom stereocenters. The highest BCUT2D eigenvalue weighted by Crippen LogP contribution is 2.16. The number of aromatic nitrogens is 3. The van der Waals surface area contributed by atoms with Crippen molar-refractivity contribution in [1.29, 1.82) is 0 Å². The van der Waals surface area contributed by atoms with Crippen LogP contribution in [0.25, 0.3) is 5.65 Å². The Labute approximate surface area is 123 Å². The Bertz CT molecular complexity index is 737. The Balaban J connectivity index is 1.65. The molecule has 0 amide bonds. The first-order valence-electron chi connectivity index (χ1n) is 7.02. The van der Waals surface area contributed by atoms with Gasteiger partial charge in [0.1, 0.15) is 11.6 Å². The summed E-state index contributed by atoms with van der Waals surface area (Å²) in [5, 5.41) is 8.40. The zero-order valence-corrected chi connectivity index (χ0v) is 12.0. The van der Waals surface area contributed by atoms with Gasteiger partial charge in [-0.1, -0.05) is 18.2 Å². The number of hydrogen-bond acceptors (Lipinski definition) is 4. The molecule has 5 heteroatoms. The highest BCUT2D eigenvalue weighted by Gasteiger charge is 2.09. The Morgan fingerprint density at radius 1 is 1.10 bits per heavy atom.